The van der Waals surface area contributed by atoms with Gasteiger partial charge in [0.05, 0.1) is 0 Å². The third kappa shape index (κ3) is 2.52. The third-order valence-corrected chi connectivity index (χ3v) is 4.93. The van der Waals surface area contributed by atoms with Gasteiger partial charge in [0.2, 0.25) is 0 Å². The Morgan fingerprint density at radius 3 is 1.45 bits per heavy atom. The second-order valence-corrected chi connectivity index (χ2v) is 6.49. The molecule has 0 aromatic heterocycles. The first-order valence-corrected chi connectivity index (χ1v) is 7.63. The lowest BCUT2D eigenvalue weighted by molar-refractivity contribution is 0.199. The summed E-state index contributed by atoms with van der Waals surface area (Å²) in [6.45, 7) is 9.47. The van der Waals surface area contributed by atoms with Crippen molar-refractivity contribution >= 4 is 0 Å². The van der Waals surface area contributed by atoms with E-state index in [9.17, 15) is 0 Å². The maximum atomic E-state index is 2.40. The molecular formula is C20H26. The summed E-state index contributed by atoms with van der Waals surface area (Å²) in [6.07, 6.45) is 2.43. The molecule has 0 atom stereocenters. The van der Waals surface area contributed by atoms with Crippen molar-refractivity contribution < 1.29 is 0 Å². The summed E-state index contributed by atoms with van der Waals surface area (Å²) in [5.41, 5.74) is 3.06. The predicted octanol–water partition coefficient (Wildman–Crippen LogP) is 5.82. The lowest BCUT2D eigenvalue weighted by atomic mass is 9.58. The molecule has 0 N–H and O–H groups in total. The van der Waals surface area contributed by atoms with Crippen LogP contribution >= 0.6 is 0 Å². The van der Waals surface area contributed by atoms with E-state index < -0.39 is 0 Å². The van der Waals surface area contributed by atoms with Gasteiger partial charge in [-0.1, -0.05) is 94.8 Å². The van der Waals surface area contributed by atoms with E-state index in [1.54, 1.807) is 0 Å². The van der Waals surface area contributed by atoms with Crippen LogP contribution in [0.1, 0.15) is 51.7 Å². The van der Waals surface area contributed by atoms with Crippen molar-refractivity contribution in [3.8, 4) is 0 Å². The van der Waals surface area contributed by atoms with Crippen molar-refractivity contribution in [3.05, 3.63) is 71.8 Å². The molecule has 0 amide bonds. The first-order chi connectivity index (χ1) is 9.52. The molecule has 0 aliphatic carbocycles. The largest absolute Gasteiger partial charge is 0.0654 e. The van der Waals surface area contributed by atoms with Crippen LogP contribution in [0.2, 0.25) is 0 Å². The highest BCUT2D eigenvalue weighted by molar-refractivity contribution is 5.40. The van der Waals surface area contributed by atoms with Crippen LogP contribution in [0, 0.1) is 5.41 Å². The minimum Gasteiger partial charge on any atom is -0.0654 e. The van der Waals surface area contributed by atoms with E-state index in [4.69, 9.17) is 0 Å². The van der Waals surface area contributed by atoms with Crippen LogP contribution in [0.3, 0.4) is 0 Å². The first kappa shape index (κ1) is 14.8. The smallest absolute Gasteiger partial charge is 0.0225 e. The number of hydrogen-bond donors (Lipinski definition) is 0. The van der Waals surface area contributed by atoms with Crippen LogP contribution in [0.15, 0.2) is 60.7 Å². The Morgan fingerprint density at radius 1 is 0.700 bits per heavy atom. The molecule has 0 unspecified atom stereocenters. The molecule has 0 aliphatic rings. The average molecular weight is 266 g/mol. The van der Waals surface area contributed by atoms with Crippen molar-refractivity contribution in [2.24, 2.45) is 5.41 Å². The van der Waals surface area contributed by atoms with Crippen LogP contribution in [0.4, 0.5) is 0 Å². The lowest BCUT2D eigenvalue weighted by Crippen LogP contribution is -2.40. The summed E-state index contributed by atoms with van der Waals surface area (Å²) >= 11 is 0. The quantitative estimate of drug-likeness (QED) is 0.639. The Balaban J connectivity index is 2.61. The molecule has 0 spiro atoms. The van der Waals surface area contributed by atoms with Gasteiger partial charge in [0.25, 0.3) is 0 Å². The molecule has 2 rings (SSSR count). The van der Waals surface area contributed by atoms with Crippen molar-refractivity contribution in [2.45, 2.75) is 46.0 Å². The first-order valence-electron chi connectivity index (χ1n) is 7.63. The van der Waals surface area contributed by atoms with Crippen molar-refractivity contribution in [1.29, 1.82) is 0 Å². The molecule has 0 bridgehead atoms. The van der Waals surface area contributed by atoms with E-state index in [1.165, 1.54) is 24.0 Å². The SMILES string of the molecule is CCCC(C)(C)C(C)(c1ccccc1)c1ccccc1. The highest BCUT2D eigenvalue weighted by Crippen LogP contribution is 2.49. The molecule has 0 heteroatoms. The van der Waals surface area contributed by atoms with Gasteiger partial charge in [0, 0.05) is 5.41 Å². The summed E-state index contributed by atoms with van der Waals surface area (Å²) in [5.74, 6) is 0. The lowest BCUT2D eigenvalue weighted by Gasteiger charge is -2.45. The molecule has 2 aromatic rings. The number of rotatable bonds is 5. The van der Waals surface area contributed by atoms with E-state index >= 15 is 0 Å². The van der Waals surface area contributed by atoms with Crippen LogP contribution in [0.5, 0.6) is 0 Å². The molecule has 2 aromatic carbocycles. The van der Waals surface area contributed by atoms with Gasteiger partial charge in [0.15, 0.2) is 0 Å². The fraction of sp³-hybridized carbons (Fsp3) is 0.400. The molecule has 0 nitrogen and oxygen atoms in total. The van der Waals surface area contributed by atoms with Gasteiger partial charge in [-0.15, -0.1) is 0 Å². The standard InChI is InChI=1S/C20H26/c1-5-16-19(2,3)20(4,17-12-8-6-9-13-17)18-14-10-7-11-15-18/h6-15H,5,16H2,1-4H3. The summed E-state index contributed by atoms with van der Waals surface area (Å²) in [6, 6.07) is 21.9. The zero-order valence-corrected chi connectivity index (χ0v) is 13.2. The van der Waals surface area contributed by atoms with Crippen molar-refractivity contribution in [3.63, 3.8) is 0 Å². The molecule has 0 aliphatic heterocycles. The maximum absolute atomic E-state index is 2.40. The fourth-order valence-electron chi connectivity index (χ4n) is 3.37. The summed E-state index contributed by atoms with van der Waals surface area (Å²) in [4.78, 5) is 0. The summed E-state index contributed by atoms with van der Waals surface area (Å²) < 4.78 is 0. The minimum absolute atomic E-state index is 0.0333. The van der Waals surface area contributed by atoms with Gasteiger partial charge in [0.1, 0.15) is 0 Å². The molecule has 20 heavy (non-hydrogen) atoms. The zero-order chi connectivity index (χ0) is 14.6. The van der Waals surface area contributed by atoms with E-state index in [-0.39, 0.29) is 10.8 Å². The van der Waals surface area contributed by atoms with Crippen LogP contribution < -0.4 is 0 Å². The van der Waals surface area contributed by atoms with Gasteiger partial charge in [-0.05, 0) is 23.0 Å². The Kier molecular flexibility index (Phi) is 4.32. The van der Waals surface area contributed by atoms with Gasteiger partial charge in [-0.3, -0.25) is 0 Å². The second kappa shape index (κ2) is 5.83. The van der Waals surface area contributed by atoms with Crippen LogP contribution in [0.25, 0.3) is 0 Å². The molecule has 0 saturated carbocycles. The number of hydrogen-bond acceptors (Lipinski definition) is 0. The molecular weight excluding hydrogens is 240 g/mol. The Labute approximate surface area is 123 Å². The van der Waals surface area contributed by atoms with E-state index in [0.29, 0.717) is 0 Å². The van der Waals surface area contributed by atoms with E-state index in [2.05, 4.69) is 88.4 Å². The molecule has 0 fully saturated rings. The Morgan fingerprint density at radius 2 is 1.10 bits per heavy atom. The second-order valence-electron chi connectivity index (χ2n) is 6.49. The topological polar surface area (TPSA) is 0 Å². The van der Waals surface area contributed by atoms with Crippen LogP contribution in [-0.2, 0) is 5.41 Å². The molecule has 0 saturated heterocycles. The average Bonchev–Trinajstić information content (AvgIpc) is 2.48. The summed E-state index contributed by atoms with van der Waals surface area (Å²) in [5, 5.41) is 0. The minimum atomic E-state index is 0.0333. The fourth-order valence-corrected chi connectivity index (χ4v) is 3.37. The Hall–Kier alpha value is -1.56. The Bertz CT molecular complexity index is 483. The number of benzene rings is 2. The highest BCUT2D eigenvalue weighted by atomic mass is 14.5. The van der Waals surface area contributed by atoms with Crippen LogP contribution in [-0.4, -0.2) is 0 Å². The van der Waals surface area contributed by atoms with Gasteiger partial charge >= 0.3 is 0 Å². The predicted molar refractivity (Wildman–Crippen MR) is 88.0 cm³/mol. The maximum Gasteiger partial charge on any atom is 0.0225 e. The normalized spacial score (nSPS) is 12.4. The molecule has 0 heterocycles. The third-order valence-electron chi connectivity index (χ3n) is 4.93. The monoisotopic (exact) mass is 266 g/mol. The molecule has 106 valence electrons. The van der Waals surface area contributed by atoms with E-state index in [0.717, 1.165) is 0 Å². The van der Waals surface area contributed by atoms with Gasteiger partial charge in [-0.2, -0.15) is 0 Å². The zero-order valence-electron chi connectivity index (χ0n) is 13.2. The van der Waals surface area contributed by atoms with E-state index in [1.807, 2.05) is 0 Å². The van der Waals surface area contributed by atoms with Crippen molar-refractivity contribution in [1.82, 2.24) is 0 Å². The summed E-state index contributed by atoms with van der Waals surface area (Å²) in [7, 11) is 0. The molecule has 0 radical (unpaired) electrons. The van der Waals surface area contributed by atoms with Gasteiger partial charge < -0.3 is 0 Å². The van der Waals surface area contributed by atoms with Crippen molar-refractivity contribution in [2.75, 3.05) is 0 Å². The van der Waals surface area contributed by atoms with Gasteiger partial charge in [-0.25, -0.2) is 0 Å². The highest BCUT2D eigenvalue weighted by Gasteiger charge is 2.42.